The summed E-state index contributed by atoms with van der Waals surface area (Å²) >= 11 is 0. The molecule has 3 N–H and O–H groups in total. The second-order valence-corrected chi connectivity index (χ2v) is 6.00. The Morgan fingerprint density at radius 1 is 1.33 bits per heavy atom. The van der Waals surface area contributed by atoms with Gasteiger partial charge < -0.3 is 19.8 Å². The van der Waals surface area contributed by atoms with Gasteiger partial charge in [-0.1, -0.05) is 13.0 Å². The molecule has 0 aliphatic carbocycles. The van der Waals surface area contributed by atoms with Gasteiger partial charge in [-0.25, -0.2) is 9.59 Å². The minimum Gasteiger partial charge on any atom is -0.496 e. The molecule has 0 saturated carbocycles. The lowest BCUT2D eigenvalue weighted by atomic mass is 9.81. The van der Waals surface area contributed by atoms with Crippen molar-refractivity contribution in [1.29, 1.82) is 0 Å². The summed E-state index contributed by atoms with van der Waals surface area (Å²) < 4.78 is 5.52. The van der Waals surface area contributed by atoms with Gasteiger partial charge in [-0.05, 0) is 25.1 Å². The average Bonchev–Trinajstić information content (AvgIpc) is 3.02. The topological polar surface area (TPSA) is 99.1 Å². The molecule has 0 unspecified atom stereocenters. The minimum atomic E-state index is -1.26. The SMILES string of the molecule is COc1cccc2c1[C@]1(C)CCN[C@@H]1N2C.O=C(O)/C=C/C(=O)O. The summed E-state index contributed by atoms with van der Waals surface area (Å²) in [5.41, 5.74) is 2.87. The Hall–Kier alpha value is -2.54. The number of carboxylic acids is 2. The fourth-order valence-corrected chi connectivity index (χ4v) is 3.50. The first-order valence-electron chi connectivity index (χ1n) is 7.59. The number of anilines is 1. The van der Waals surface area contributed by atoms with Gasteiger partial charge in [0.25, 0.3) is 0 Å². The molecule has 0 aromatic heterocycles. The molecule has 2 aliphatic rings. The molecule has 7 heteroatoms. The fourth-order valence-electron chi connectivity index (χ4n) is 3.50. The van der Waals surface area contributed by atoms with Gasteiger partial charge in [0.2, 0.25) is 0 Å². The van der Waals surface area contributed by atoms with Crippen molar-refractivity contribution in [3.05, 3.63) is 35.9 Å². The third-order valence-electron chi connectivity index (χ3n) is 4.52. The third-order valence-corrected chi connectivity index (χ3v) is 4.52. The Bertz CT molecular complexity index is 657. The zero-order valence-corrected chi connectivity index (χ0v) is 13.9. The first-order chi connectivity index (χ1) is 11.3. The van der Waals surface area contributed by atoms with Crippen LogP contribution < -0.4 is 15.0 Å². The Balaban J connectivity index is 0.000000224. The van der Waals surface area contributed by atoms with Gasteiger partial charge in [-0.3, -0.25) is 5.32 Å². The van der Waals surface area contributed by atoms with Crippen LogP contribution in [0, 0.1) is 0 Å². The largest absolute Gasteiger partial charge is 0.496 e. The number of rotatable bonds is 3. The highest BCUT2D eigenvalue weighted by atomic mass is 16.5. The van der Waals surface area contributed by atoms with E-state index < -0.39 is 11.9 Å². The predicted molar refractivity (Wildman–Crippen MR) is 89.6 cm³/mol. The molecule has 2 aliphatic heterocycles. The molecule has 0 spiro atoms. The van der Waals surface area contributed by atoms with Gasteiger partial charge in [0.1, 0.15) is 5.75 Å². The lowest BCUT2D eigenvalue weighted by molar-refractivity contribution is -0.134. The molecule has 24 heavy (non-hydrogen) atoms. The summed E-state index contributed by atoms with van der Waals surface area (Å²) in [5.74, 6) is -1.49. The number of hydrogen-bond donors (Lipinski definition) is 3. The van der Waals surface area contributed by atoms with E-state index in [1.807, 2.05) is 0 Å². The zero-order chi connectivity index (χ0) is 17.9. The van der Waals surface area contributed by atoms with Crippen LogP contribution >= 0.6 is 0 Å². The van der Waals surface area contributed by atoms with Gasteiger partial charge >= 0.3 is 11.9 Å². The van der Waals surface area contributed by atoms with Crippen LogP contribution in [0.25, 0.3) is 0 Å². The maximum Gasteiger partial charge on any atom is 0.328 e. The fraction of sp³-hybridized carbons (Fsp3) is 0.412. The van der Waals surface area contributed by atoms with Crippen molar-refractivity contribution in [2.45, 2.75) is 24.9 Å². The van der Waals surface area contributed by atoms with Crippen molar-refractivity contribution >= 4 is 17.6 Å². The second-order valence-electron chi connectivity index (χ2n) is 6.00. The summed E-state index contributed by atoms with van der Waals surface area (Å²) in [6.07, 6.45) is 2.71. The number of carbonyl (C=O) groups is 2. The number of carboxylic acid groups (broad SMARTS) is 2. The number of aliphatic carboxylic acids is 2. The summed E-state index contributed by atoms with van der Waals surface area (Å²) in [5, 5.41) is 19.2. The number of methoxy groups -OCH3 is 1. The molecule has 7 nitrogen and oxygen atoms in total. The highest BCUT2D eigenvalue weighted by Crippen LogP contribution is 2.51. The third kappa shape index (κ3) is 3.21. The minimum absolute atomic E-state index is 0.191. The molecule has 2 heterocycles. The predicted octanol–water partition coefficient (Wildman–Crippen LogP) is 1.43. The van der Waals surface area contributed by atoms with Crippen molar-refractivity contribution in [2.75, 3.05) is 25.6 Å². The van der Waals surface area contributed by atoms with Crippen LogP contribution in [0.2, 0.25) is 0 Å². The van der Waals surface area contributed by atoms with Crippen LogP contribution in [0.15, 0.2) is 30.4 Å². The lowest BCUT2D eigenvalue weighted by Crippen LogP contribution is -2.44. The maximum atomic E-state index is 9.55. The van der Waals surface area contributed by atoms with Crippen LogP contribution in [-0.4, -0.2) is 49.0 Å². The molecule has 1 aromatic rings. The zero-order valence-electron chi connectivity index (χ0n) is 13.9. The van der Waals surface area contributed by atoms with E-state index in [2.05, 4.69) is 42.4 Å². The molecule has 3 rings (SSSR count). The first-order valence-corrected chi connectivity index (χ1v) is 7.59. The highest BCUT2D eigenvalue weighted by molar-refractivity contribution is 5.89. The van der Waals surface area contributed by atoms with Crippen molar-refractivity contribution in [3.63, 3.8) is 0 Å². The number of hydrogen-bond acceptors (Lipinski definition) is 5. The lowest BCUT2D eigenvalue weighted by Gasteiger charge is -2.28. The Labute approximate surface area is 140 Å². The van der Waals surface area contributed by atoms with E-state index in [-0.39, 0.29) is 5.41 Å². The number of likely N-dealkylation sites (N-methyl/N-ethyl adjacent to an activating group) is 1. The van der Waals surface area contributed by atoms with Gasteiger partial charge in [0.05, 0.1) is 13.3 Å². The molecule has 1 fully saturated rings. The van der Waals surface area contributed by atoms with Gasteiger partial charge in [-0.15, -0.1) is 0 Å². The van der Waals surface area contributed by atoms with Crippen molar-refractivity contribution < 1.29 is 24.5 Å². The molecule has 0 radical (unpaired) electrons. The van der Waals surface area contributed by atoms with Gasteiger partial charge in [0.15, 0.2) is 0 Å². The van der Waals surface area contributed by atoms with E-state index in [0.29, 0.717) is 18.3 Å². The first kappa shape index (κ1) is 17.8. The molecule has 2 atom stereocenters. The second kappa shape index (κ2) is 6.92. The Morgan fingerprint density at radius 2 is 1.96 bits per heavy atom. The van der Waals surface area contributed by atoms with Crippen LogP contribution in [0.4, 0.5) is 5.69 Å². The molecule has 130 valence electrons. The van der Waals surface area contributed by atoms with E-state index in [1.165, 1.54) is 17.7 Å². The summed E-state index contributed by atoms with van der Waals surface area (Å²) in [6, 6.07) is 6.32. The van der Waals surface area contributed by atoms with E-state index in [0.717, 1.165) is 12.3 Å². The maximum absolute atomic E-state index is 9.55. The van der Waals surface area contributed by atoms with Crippen LogP contribution in [-0.2, 0) is 15.0 Å². The smallest absolute Gasteiger partial charge is 0.328 e. The quantitative estimate of drug-likeness (QED) is 0.719. The molecular formula is C17H22N2O5. The number of fused-ring (bicyclic) bond motifs is 3. The van der Waals surface area contributed by atoms with Crippen molar-refractivity contribution in [2.24, 2.45) is 0 Å². The Morgan fingerprint density at radius 3 is 2.50 bits per heavy atom. The van der Waals surface area contributed by atoms with Crippen LogP contribution in [0.3, 0.4) is 0 Å². The standard InChI is InChI=1S/C13H18N2O.C4H4O4/c1-13-7-8-14-12(13)15(2)9-5-4-6-10(16-3)11(9)13;5-3(6)1-2-4(7)8/h4-6,12,14H,7-8H2,1-3H3;1-2H,(H,5,6)(H,7,8)/b;2-1+/t12-,13+;/m1./s1. The van der Waals surface area contributed by atoms with Crippen LogP contribution in [0.1, 0.15) is 18.9 Å². The molecule has 0 amide bonds. The summed E-state index contributed by atoms with van der Waals surface area (Å²) in [6.45, 7) is 3.42. The van der Waals surface area contributed by atoms with E-state index in [4.69, 9.17) is 14.9 Å². The number of ether oxygens (including phenoxy) is 1. The summed E-state index contributed by atoms with van der Waals surface area (Å²) in [4.78, 5) is 21.4. The number of nitrogens with zero attached hydrogens (tertiary/aromatic N) is 1. The Kier molecular flexibility index (Phi) is 5.14. The molecular weight excluding hydrogens is 312 g/mol. The molecule has 1 saturated heterocycles. The number of nitrogens with one attached hydrogen (secondary N) is 1. The molecule has 0 bridgehead atoms. The normalized spacial score (nSPS) is 24.1. The highest BCUT2D eigenvalue weighted by Gasteiger charge is 2.50. The van der Waals surface area contributed by atoms with E-state index in [1.54, 1.807) is 7.11 Å². The van der Waals surface area contributed by atoms with Gasteiger partial charge in [0, 0.05) is 35.9 Å². The average molecular weight is 334 g/mol. The van der Waals surface area contributed by atoms with Crippen molar-refractivity contribution in [3.8, 4) is 5.75 Å². The summed E-state index contributed by atoms with van der Waals surface area (Å²) in [7, 11) is 3.92. The van der Waals surface area contributed by atoms with E-state index >= 15 is 0 Å². The van der Waals surface area contributed by atoms with Crippen molar-refractivity contribution in [1.82, 2.24) is 5.32 Å². The monoisotopic (exact) mass is 334 g/mol. The number of benzene rings is 1. The van der Waals surface area contributed by atoms with Crippen LogP contribution in [0.5, 0.6) is 5.75 Å². The molecule has 1 aromatic carbocycles. The van der Waals surface area contributed by atoms with Gasteiger partial charge in [-0.2, -0.15) is 0 Å². The van der Waals surface area contributed by atoms with E-state index in [9.17, 15) is 9.59 Å².